The van der Waals surface area contributed by atoms with E-state index in [0.29, 0.717) is 23.3 Å². The van der Waals surface area contributed by atoms with E-state index in [1.54, 1.807) is 13.8 Å². The molecule has 1 aromatic carbocycles. The van der Waals surface area contributed by atoms with Gasteiger partial charge in [0, 0.05) is 12.0 Å². The summed E-state index contributed by atoms with van der Waals surface area (Å²) >= 11 is 0. The number of ketones is 1. The Balaban J connectivity index is 3.31. The second-order valence-electron chi connectivity index (χ2n) is 3.03. The first kappa shape index (κ1) is 10.7. The molecular weight excluding hydrogens is 183 g/mol. The minimum atomic E-state index is -0.352. The Morgan fingerprint density at radius 2 is 2.14 bits per heavy atom. The van der Waals surface area contributed by atoms with Gasteiger partial charge >= 0.3 is 0 Å². The maximum Gasteiger partial charge on any atom is 0.166 e. The quantitative estimate of drug-likeness (QED) is 0.695. The molecule has 0 aromatic heterocycles. The third-order valence-electron chi connectivity index (χ3n) is 2.17. The summed E-state index contributed by atoms with van der Waals surface area (Å²) in [5, 5.41) is 0. The zero-order chi connectivity index (χ0) is 10.7. The Bertz CT molecular complexity index is 359. The van der Waals surface area contributed by atoms with Crippen molar-refractivity contribution in [3.05, 3.63) is 29.1 Å². The van der Waals surface area contributed by atoms with Crippen LogP contribution in [0.2, 0.25) is 0 Å². The summed E-state index contributed by atoms with van der Waals surface area (Å²) in [5.41, 5.74) is 0.834. The number of benzene rings is 1. The molecule has 1 aromatic rings. The van der Waals surface area contributed by atoms with Gasteiger partial charge in [-0.05, 0) is 19.1 Å². The third kappa shape index (κ3) is 1.76. The summed E-state index contributed by atoms with van der Waals surface area (Å²) in [4.78, 5) is 11.5. The number of ether oxygens (including phenoxy) is 1. The van der Waals surface area contributed by atoms with Crippen LogP contribution in [-0.4, -0.2) is 12.9 Å². The van der Waals surface area contributed by atoms with Crippen LogP contribution in [0.15, 0.2) is 12.1 Å². The standard InChI is InChI=1S/C11H13FO2/c1-4-10(13)8-5-6-9(12)7(2)11(8)14-3/h5-6H,4H2,1-3H3. The monoisotopic (exact) mass is 196 g/mol. The number of Topliss-reactive ketones (excluding diaryl/α,β-unsaturated/α-hetero) is 1. The van der Waals surface area contributed by atoms with E-state index >= 15 is 0 Å². The summed E-state index contributed by atoms with van der Waals surface area (Å²) in [6.07, 6.45) is 0.390. The number of rotatable bonds is 3. The lowest BCUT2D eigenvalue weighted by molar-refractivity contribution is 0.0985. The highest BCUT2D eigenvalue weighted by Crippen LogP contribution is 2.26. The van der Waals surface area contributed by atoms with Crippen molar-refractivity contribution in [2.75, 3.05) is 7.11 Å². The van der Waals surface area contributed by atoms with Crippen molar-refractivity contribution in [3.63, 3.8) is 0 Å². The van der Waals surface area contributed by atoms with E-state index in [1.807, 2.05) is 0 Å². The lowest BCUT2D eigenvalue weighted by Crippen LogP contribution is -2.03. The highest BCUT2D eigenvalue weighted by molar-refractivity contribution is 5.98. The Morgan fingerprint density at radius 3 is 2.64 bits per heavy atom. The van der Waals surface area contributed by atoms with Crippen molar-refractivity contribution < 1.29 is 13.9 Å². The molecule has 0 N–H and O–H groups in total. The van der Waals surface area contributed by atoms with Crippen LogP contribution in [0.3, 0.4) is 0 Å². The van der Waals surface area contributed by atoms with Gasteiger partial charge < -0.3 is 4.74 Å². The molecule has 3 heteroatoms. The van der Waals surface area contributed by atoms with Gasteiger partial charge in [0.15, 0.2) is 5.78 Å². The minimum absolute atomic E-state index is 0.0371. The van der Waals surface area contributed by atoms with Crippen molar-refractivity contribution in [2.24, 2.45) is 0 Å². The number of halogens is 1. The van der Waals surface area contributed by atoms with Gasteiger partial charge in [-0.1, -0.05) is 6.92 Å². The van der Waals surface area contributed by atoms with Gasteiger partial charge in [0.25, 0.3) is 0 Å². The molecule has 0 atom stereocenters. The van der Waals surface area contributed by atoms with E-state index in [9.17, 15) is 9.18 Å². The summed E-state index contributed by atoms with van der Waals surface area (Å²) in [5.74, 6) is -0.0451. The molecule has 0 saturated carbocycles. The molecule has 0 bridgehead atoms. The fourth-order valence-electron chi connectivity index (χ4n) is 1.34. The molecule has 0 unspecified atom stereocenters. The molecule has 0 aliphatic heterocycles. The molecule has 0 fully saturated rings. The second kappa shape index (κ2) is 4.22. The molecule has 0 amide bonds. The van der Waals surface area contributed by atoms with Crippen LogP contribution >= 0.6 is 0 Å². The van der Waals surface area contributed by atoms with Crippen LogP contribution in [-0.2, 0) is 0 Å². The molecule has 0 saturated heterocycles. The fraction of sp³-hybridized carbons (Fsp3) is 0.364. The van der Waals surface area contributed by atoms with Crippen LogP contribution in [0.1, 0.15) is 29.3 Å². The largest absolute Gasteiger partial charge is 0.496 e. The van der Waals surface area contributed by atoms with Gasteiger partial charge in [-0.3, -0.25) is 4.79 Å². The number of methoxy groups -OCH3 is 1. The lowest BCUT2D eigenvalue weighted by atomic mass is 10.0. The smallest absolute Gasteiger partial charge is 0.166 e. The van der Waals surface area contributed by atoms with Crippen LogP contribution in [0.5, 0.6) is 5.75 Å². The van der Waals surface area contributed by atoms with Gasteiger partial charge in [0.1, 0.15) is 11.6 Å². The van der Waals surface area contributed by atoms with Gasteiger partial charge in [-0.25, -0.2) is 4.39 Å². The second-order valence-corrected chi connectivity index (χ2v) is 3.03. The summed E-state index contributed by atoms with van der Waals surface area (Å²) in [6.45, 7) is 3.36. The van der Waals surface area contributed by atoms with Gasteiger partial charge in [-0.15, -0.1) is 0 Å². The van der Waals surface area contributed by atoms with Crippen LogP contribution < -0.4 is 4.74 Å². The molecule has 76 valence electrons. The minimum Gasteiger partial charge on any atom is -0.496 e. The van der Waals surface area contributed by atoms with Gasteiger partial charge in [0.05, 0.1) is 12.7 Å². The predicted molar refractivity (Wildman–Crippen MR) is 52.3 cm³/mol. The van der Waals surface area contributed by atoms with E-state index in [4.69, 9.17) is 4.74 Å². The van der Waals surface area contributed by atoms with Crippen molar-refractivity contribution in [3.8, 4) is 5.75 Å². The van der Waals surface area contributed by atoms with E-state index in [-0.39, 0.29) is 11.6 Å². The average Bonchev–Trinajstić information content (AvgIpc) is 2.20. The van der Waals surface area contributed by atoms with Crippen LogP contribution in [0, 0.1) is 12.7 Å². The number of carbonyl (C=O) groups excluding carboxylic acids is 1. The molecule has 0 aliphatic carbocycles. The Morgan fingerprint density at radius 1 is 1.50 bits per heavy atom. The highest BCUT2D eigenvalue weighted by Gasteiger charge is 2.14. The maximum absolute atomic E-state index is 13.1. The molecule has 0 heterocycles. The SMILES string of the molecule is CCC(=O)c1ccc(F)c(C)c1OC. The van der Waals surface area contributed by atoms with E-state index in [2.05, 4.69) is 0 Å². The Hall–Kier alpha value is -1.38. The van der Waals surface area contributed by atoms with Gasteiger partial charge in [-0.2, -0.15) is 0 Å². The lowest BCUT2D eigenvalue weighted by Gasteiger charge is -2.10. The van der Waals surface area contributed by atoms with E-state index in [0.717, 1.165) is 0 Å². The average molecular weight is 196 g/mol. The molecule has 1 rings (SSSR count). The molecular formula is C11H13FO2. The predicted octanol–water partition coefficient (Wildman–Crippen LogP) is 2.74. The highest BCUT2D eigenvalue weighted by atomic mass is 19.1. The molecule has 2 nitrogen and oxygen atoms in total. The van der Waals surface area contributed by atoms with Gasteiger partial charge in [0.2, 0.25) is 0 Å². The first-order valence-electron chi connectivity index (χ1n) is 4.48. The first-order valence-corrected chi connectivity index (χ1v) is 4.48. The Labute approximate surface area is 82.7 Å². The number of hydrogen-bond acceptors (Lipinski definition) is 2. The van der Waals surface area contributed by atoms with Crippen molar-refractivity contribution in [2.45, 2.75) is 20.3 Å². The Kier molecular flexibility index (Phi) is 3.23. The van der Waals surface area contributed by atoms with Crippen molar-refractivity contribution in [1.29, 1.82) is 0 Å². The number of hydrogen-bond donors (Lipinski definition) is 0. The van der Waals surface area contributed by atoms with E-state index in [1.165, 1.54) is 19.2 Å². The summed E-state index contributed by atoms with van der Waals surface area (Å²) in [7, 11) is 1.44. The summed E-state index contributed by atoms with van der Waals surface area (Å²) in [6, 6.07) is 2.76. The third-order valence-corrected chi connectivity index (χ3v) is 2.17. The summed E-state index contributed by atoms with van der Waals surface area (Å²) < 4.78 is 18.1. The zero-order valence-corrected chi connectivity index (χ0v) is 8.56. The number of carbonyl (C=O) groups is 1. The first-order chi connectivity index (χ1) is 6.61. The molecule has 14 heavy (non-hydrogen) atoms. The maximum atomic E-state index is 13.1. The van der Waals surface area contributed by atoms with Crippen LogP contribution in [0.4, 0.5) is 4.39 Å². The topological polar surface area (TPSA) is 26.3 Å². The molecule has 0 aliphatic rings. The van der Waals surface area contributed by atoms with Crippen molar-refractivity contribution >= 4 is 5.78 Å². The van der Waals surface area contributed by atoms with E-state index < -0.39 is 0 Å². The van der Waals surface area contributed by atoms with Crippen molar-refractivity contribution in [1.82, 2.24) is 0 Å². The fourth-order valence-corrected chi connectivity index (χ4v) is 1.34. The normalized spacial score (nSPS) is 10.0. The molecule has 0 radical (unpaired) electrons. The zero-order valence-electron chi connectivity index (χ0n) is 8.56. The van der Waals surface area contributed by atoms with Crippen LogP contribution in [0.25, 0.3) is 0 Å². The molecule has 0 spiro atoms.